The Balaban J connectivity index is 0.000000741. The minimum Gasteiger partial charge on any atom is -0.377 e. The van der Waals surface area contributed by atoms with Gasteiger partial charge in [0.05, 0.1) is 31.1 Å². The summed E-state index contributed by atoms with van der Waals surface area (Å²) in [6.45, 7) is 15.3. The first-order chi connectivity index (χ1) is 9.25. The van der Waals surface area contributed by atoms with Gasteiger partial charge in [0.1, 0.15) is 0 Å². The van der Waals surface area contributed by atoms with Crippen molar-refractivity contribution in [1.29, 1.82) is 0 Å². The first-order valence-corrected chi connectivity index (χ1v) is 7.24. The molecule has 0 saturated carbocycles. The second-order valence-electron chi connectivity index (χ2n) is 3.85. The van der Waals surface area contributed by atoms with Crippen LogP contribution in [-0.2, 0) is 4.74 Å². The molecule has 1 fully saturated rings. The van der Waals surface area contributed by atoms with E-state index in [0.717, 1.165) is 26.3 Å². The Morgan fingerprint density at radius 3 is 2.32 bits per heavy atom. The van der Waals surface area contributed by atoms with Crippen molar-refractivity contribution < 1.29 is 14.1 Å². The molecule has 0 radical (unpaired) electrons. The Hall–Kier alpha value is -1.30. The van der Waals surface area contributed by atoms with Crippen LogP contribution in [0.1, 0.15) is 41.5 Å². The van der Waals surface area contributed by atoms with Crippen LogP contribution in [0.4, 0.5) is 5.88 Å². The average molecular weight is 273 g/mol. The number of hydrogen-bond acceptors (Lipinski definition) is 5. The molecule has 0 bridgehead atoms. The van der Waals surface area contributed by atoms with E-state index in [1.165, 1.54) is 0 Å². The number of morpholine rings is 1. The predicted molar refractivity (Wildman–Crippen MR) is 76.9 cm³/mol. The Morgan fingerprint density at radius 2 is 1.79 bits per heavy atom. The molecule has 1 aliphatic rings. The maximum absolute atomic E-state index is 5.26. The summed E-state index contributed by atoms with van der Waals surface area (Å²) in [5.74, 6) is 0.691. The molecule has 0 aliphatic carbocycles. The van der Waals surface area contributed by atoms with Crippen LogP contribution < -0.4 is 15.1 Å². The van der Waals surface area contributed by atoms with Crippen molar-refractivity contribution in [3.05, 3.63) is 6.20 Å². The summed E-state index contributed by atoms with van der Waals surface area (Å²) < 4.78 is 10.4. The lowest BCUT2D eigenvalue weighted by atomic mass is 10.4. The van der Waals surface area contributed by atoms with Gasteiger partial charge in [-0.1, -0.05) is 27.7 Å². The van der Waals surface area contributed by atoms with Gasteiger partial charge in [0.15, 0.2) is 0 Å². The lowest BCUT2D eigenvalue weighted by Gasteiger charge is -2.18. The second-order valence-corrected chi connectivity index (χ2v) is 3.85. The molecule has 2 rings (SSSR count). The van der Waals surface area contributed by atoms with Crippen LogP contribution in [0.5, 0.6) is 0 Å². The molecule has 1 aromatic rings. The molecule has 6 heteroatoms. The number of anilines is 1. The Bertz CT molecular complexity index is 309. The summed E-state index contributed by atoms with van der Waals surface area (Å²) in [5.41, 5.74) is 0. The molecule has 0 amide bonds. The van der Waals surface area contributed by atoms with E-state index in [1.807, 2.05) is 33.9 Å². The normalized spacial score (nSPS) is 14.2. The van der Waals surface area contributed by atoms with Crippen LogP contribution in [0.2, 0.25) is 0 Å². The zero-order valence-corrected chi connectivity index (χ0v) is 13.1. The minimum atomic E-state index is 0.344. The number of nitrogens with zero attached hydrogens (tertiary/aromatic N) is 3. The van der Waals surface area contributed by atoms with Crippen molar-refractivity contribution in [2.75, 3.05) is 36.6 Å². The van der Waals surface area contributed by atoms with E-state index < -0.39 is 0 Å². The predicted octanol–water partition coefficient (Wildman–Crippen LogP) is 1.80. The smallest absolute Gasteiger partial charge is 0.299 e. The molecule has 2 heterocycles. The van der Waals surface area contributed by atoms with Gasteiger partial charge in [-0.05, 0) is 13.8 Å². The van der Waals surface area contributed by atoms with Crippen molar-refractivity contribution in [3.63, 3.8) is 0 Å². The van der Waals surface area contributed by atoms with E-state index >= 15 is 0 Å². The van der Waals surface area contributed by atoms with E-state index in [4.69, 9.17) is 9.26 Å². The summed E-state index contributed by atoms with van der Waals surface area (Å²) in [7, 11) is 0. The van der Waals surface area contributed by atoms with E-state index in [2.05, 4.69) is 29.4 Å². The molecule has 1 saturated heterocycles. The molecule has 1 aliphatic heterocycles. The zero-order chi connectivity index (χ0) is 14.7. The molecular weight excluding hydrogens is 244 g/mol. The van der Waals surface area contributed by atoms with Crippen LogP contribution in [0.25, 0.3) is 0 Å². The van der Waals surface area contributed by atoms with E-state index in [0.29, 0.717) is 11.9 Å². The van der Waals surface area contributed by atoms with Gasteiger partial charge < -0.3 is 10.1 Å². The van der Waals surface area contributed by atoms with Crippen molar-refractivity contribution in [1.82, 2.24) is 5.27 Å². The average Bonchev–Trinajstić information content (AvgIpc) is 2.92. The fourth-order valence-corrected chi connectivity index (χ4v) is 1.48. The molecule has 0 aromatic carbocycles. The maximum Gasteiger partial charge on any atom is 0.299 e. The van der Waals surface area contributed by atoms with Gasteiger partial charge in [-0.15, -0.1) is 5.01 Å². The molecule has 1 aromatic heterocycles. The summed E-state index contributed by atoms with van der Waals surface area (Å²) in [6.07, 6.45) is 1.85. The molecule has 1 N–H and O–H groups in total. The standard InChI is InChI=1S/C9H17N4O2.2C2H6/c1-8(2)10-9-7-13(11-15-9)12-3-5-14-6-4-12;2*1-2/h7-8,10H,3-6H2,1-2H3;2*1-2H3/q+1;;. The fraction of sp³-hybridized carbons (Fsp3) is 0.846. The molecule has 19 heavy (non-hydrogen) atoms. The van der Waals surface area contributed by atoms with Gasteiger partial charge in [-0.2, -0.15) is 0 Å². The van der Waals surface area contributed by atoms with Gasteiger partial charge in [-0.3, -0.25) is 4.52 Å². The molecule has 6 nitrogen and oxygen atoms in total. The Morgan fingerprint density at radius 1 is 1.21 bits per heavy atom. The monoisotopic (exact) mass is 273 g/mol. The van der Waals surface area contributed by atoms with Crippen molar-refractivity contribution in [2.24, 2.45) is 0 Å². The van der Waals surface area contributed by atoms with Crippen LogP contribution in [-0.4, -0.2) is 37.6 Å². The number of hydrogen-bond donors (Lipinski definition) is 1. The number of nitrogens with one attached hydrogen (secondary N) is 1. The first kappa shape index (κ1) is 17.7. The lowest BCUT2D eigenvalue weighted by molar-refractivity contribution is -0.759. The van der Waals surface area contributed by atoms with Crippen LogP contribution >= 0.6 is 0 Å². The van der Waals surface area contributed by atoms with Gasteiger partial charge in [0.25, 0.3) is 12.1 Å². The third-order valence-corrected chi connectivity index (χ3v) is 2.16. The second kappa shape index (κ2) is 10.6. The molecule has 112 valence electrons. The third-order valence-electron chi connectivity index (χ3n) is 2.16. The molecule has 0 unspecified atom stereocenters. The summed E-state index contributed by atoms with van der Waals surface area (Å²) in [6, 6.07) is 0.344. The van der Waals surface area contributed by atoms with E-state index in [-0.39, 0.29) is 0 Å². The Labute approximate surface area is 116 Å². The number of ether oxygens (including phenoxy) is 1. The number of rotatable bonds is 3. The SMILES string of the molecule is CC.CC.CC(C)Nc1c[n+](N2CCOCC2)no1. The van der Waals surface area contributed by atoms with Crippen LogP contribution in [0.15, 0.2) is 10.7 Å². The minimum absolute atomic E-state index is 0.344. The maximum atomic E-state index is 5.26. The Kier molecular flexibility index (Phi) is 9.88. The highest BCUT2D eigenvalue weighted by Gasteiger charge is 2.22. The lowest BCUT2D eigenvalue weighted by Crippen LogP contribution is -2.62. The van der Waals surface area contributed by atoms with E-state index in [1.54, 1.807) is 4.79 Å². The highest BCUT2D eigenvalue weighted by atomic mass is 16.5. The highest BCUT2D eigenvalue weighted by molar-refractivity contribution is 5.23. The molecule has 0 spiro atoms. The third kappa shape index (κ3) is 6.42. The van der Waals surface area contributed by atoms with Gasteiger partial charge in [-0.25, -0.2) is 0 Å². The van der Waals surface area contributed by atoms with Crippen LogP contribution in [0.3, 0.4) is 0 Å². The van der Waals surface area contributed by atoms with Crippen LogP contribution in [0, 0.1) is 0 Å². The largest absolute Gasteiger partial charge is 0.377 e. The summed E-state index contributed by atoms with van der Waals surface area (Å²) in [5, 5.41) is 9.18. The summed E-state index contributed by atoms with van der Waals surface area (Å²) >= 11 is 0. The van der Waals surface area contributed by atoms with E-state index in [9.17, 15) is 0 Å². The molecule has 0 atom stereocenters. The zero-order valence-electron chi connectivity index (χ0n) is 13.1. The highest BCUT2D eigenvalue weighted by Crippen LogP contribution is 2.02. The van der Waals surface area contributed by atoms with Crippen molar-refractivity contribution in [3.8, 4) is 0 Å². The van der Waals surface area contributed by atoms with Gasteiger partial charge >= 0.3 is 0 Å². The molecular formula is C13H29N4O2+. The van der Waals surface area contributed by atoms with Crippen molar-refractivity contribution >= 4 is 5.88 Å². The van der Waals surface area contributed by atoms with Crippen molar-refractivity contribution in [2.45, 2.75) is 47.6 Å². The summed E-state index contributed by atoms with van der Waals surface area (Å²) in [4.78, 5) is 1.73. The quantitative estimate of drug-likeness (QED) is 0.851. The number of aromatic nitrogens is 2. The first-order valence-electron chi connectivity index (χ1n) is 7.24. The van der Waals surface area contributed by atoms with Gasteiger partial charge in [0, 0.05) is 6.04 Å². The topological polar surface area (TPSA) is 54.4 Å². The fourth-order valence-electron chi connectivity index (χ4n) is 1.48. The van der Waals surface area contributed by atoms with Gasteiger partial charge in [0.2, 0.25) is 5.27 Å².